The van der Waals surface area contributed by atoms with Crippen LogP contribution in [-0.4, -0.2) is 58.3 Å². The first kappa shape index (κ1) is 38.0. The number of benzene rings is 1. The summed E-state index contributed by atoms with van der Waals surface area (Å²) in [6, 6.07) is 6.02. The molecule has 0 radical (unpaired) electrons. The van der Waals surface area contributed by atoms with Crippen LogP contribution >= 0.6 is 0 Å². The molecule has 0 fully saturated rings. The van der Waals surface area contributed by atoms with Crippen LogP contribution in [0, 0.1) is 0 Å². The van der Waals surface area contributed by atoms with Gasteiger partial charge in [0, 0.05) is 41.5 Å². The van der Waals surface area contributed by atoms with Gasteiger partial charge in [0.15, 0.2) is 0 Å². The van der Waals surface area contributed by atoms with E-state index in [0.29, 0.717) is 26.2 Å². The molecule has 1 atom stereocenters. The van der Waals surface area contributed by atoms with Crippen LogP contribution in [0.25, 0.3) is 0 Å². The number of rotatable bonds is 10. The van der Waals surface area contributed by atoms with Gasteiger partial charge in [0.2, 0.25) is 0 Å². The average molecular weight is 492 g/mol. The van der Waals surface area contributed by atoms with Gasteiger partial charge in [-0.15, -0.1) is 0 Å². The maximum atomic E-state index is 11.7. The SMILES string of the molecule is CCC(C)OC(=O)c1ccccc1C(=O)O.CCCCO.CCCCO.CCCCO.[Ti]. The molecular weight excluding hydrogens is 448 g/mol. The average Bonchev–Trinajstić information content (AvgIpc) is 2.76. The zero-order valence-electron chi connectivity index (χ0n) is 20.5. The Kier molecular flexibility index (Phi) is 35.4. The molecule has 0 aliphatic rings. The largest absolute Gasteiger partial charge is 0.478 e. The van der Waals surface area contributed by atoms with Crippen LogP contribution in [0.1, 0.15) is 100 Å². The first-order valence-corrected chi connectivity index (χ1v) is 11.2. The number of hydrogen-bond acceptors (Lipinski definition) is 6. The molecule has 0 saturated heterocycles. The molecule has 1 aromatic rings. The van der Waals surface area contributed by atoms with Crippen molar-refractivity contribution >= 4 is 11.9 Å². The van der Waals surface area contributed by atoms with Crippen LogP contribution in [0.3, 0.4) is 0 Å². The molecule has 32 heavy (non-hydrogen) atoms. The van der Waals surface area contributed by atoms with E-state index in [1.807, 2.05) is 6.92 Å². The Hall–Kier alpha value is -1.25. The number of carboxylic acids is 1. The van der Waals surface area contributed by atoms with Gasteiger partial charge in [0.1, 0.15) is 0 Å². The van der Waals surface area contributed by atoms with Crippen LogP contribution in [0.5, 0.6) is 0 Å². The molecule has 4 N–H and O–H groups in total. The summed E-state index contributed by atoms with van der Waals surface area (Å²) in [6.07, 6.45) is 6.60. The fraction of sp³-hybridized carbons (Fsp3) is 0.667. The van der Waals surface area contributed by atoms with Gasteiger partial charge < -0.3 is 25.2 Å². The number of ether oxygens (including phenoxy) is 1. The molecule has 1 aromatic carbocycles. The van der Waals surface area contributed by atoms with Crippen molar-refractivity contribution in [1.82, 2.24) is 0 Å². The van der Waals surface area contributed by atoms with Crippen molar-refractivity contribution in [2.45, 2.75) is 85.7 Å². The van der Waals surface area contributed by atoms with E-state index in [1.54, 1.807) is 19.1 Å². The second-order valence-electron chi connectivity index (χ2n) is 6.71. The summed E-state index contributed by atoms with van der Waals surface area (Å²) >= 11 is 0. The van der Waals surface area contributed by atoms with Crippen LogP contribution in [0.2, 0.25) is 0 Å². The predicted molar refractivity (Wildman–Crippen MR) is 125 cm³/mol. The fourth-order valence-corrected chi connectivity index (χ4v) is 1.65. The van der Waals surface area contributed by atoms with E-state index in [0.717, 1.165) is 38.5 Å². The summed E-state index contributed by atoms with van der Waals surface area (Å²) in [5, 5.41) is 33.1. The molecule has 8 heteroatoms. The van der Waals surface area contributed by atoms with Crippen molar-refractivity contribution in [3.63, 3.8) is 0 Å². The minimum atomic E-state index is -1.13. The molecule has 0 aliphatic heterocycles. The van der Waals surface area contributed by atoms with E-state index >= 15 is 0 Å². The predicted octanol–water partition coefficient (Wildman–Crippen LogP) is 4.67. The quantitative estimate of drug-likeness (QED) is 0.276. The molecule has 0 aliphatic carbocycles. The van der Waals surface area contributed by atoms with E-state index < -0.39 is 11.9 Å². The zero-order valence-corrected chi connectivity index (χ0v) is 22.0. The van der Waals surface area contributed by atoms with Crippen molar-refractivity contribution in [3.05, 3.63) is 35.4 Å². The van der Waals surface area contributed by atoms with Crippen LogP contribution < -0.4 is 0 Å². The Labute approximate surface area is 209 Å². The number of aliphatic hydroxyl groups excluding tert-OH is 3. The van der Waals surface area contributed by atoms with Crippen LogP contribution in [0.15, 0.2) is 24.3 Å². The van der Waals surface area contributed by atoms with E-state index in [1.165, 1.54) is 12.1 Å². The second-order valence-corrected chi connectivity index (χ2v) is 6.71. The van der Waals surface area contributed by atoms with Gasteiger partial charge >= 0.3 is 11.9 Å². The number of carbonyl (C=O) groups excluding carboxylic acids is 1. The van der Waals surface area contributed by atoms with E-state index in [4.69, 9.17) is 25.2 Å². The molecular formula is C24H44O7Ti. The normalized spacial score (nSPS) is 9.88. The molecule has 186 valence electrons. The second kappa shape index (κ2) is 29.8. The third kappa shape index (κ3) is 25.0. The zero-order chi connectivity index (χ0) is 24.5. The number of aromatic carboxylic acids is 1. The van der Waals surface area contributed by atoms with Gasteiger partial charge in [-0.25, -0.2) is 9.59 Å². The Balaban J connectivity index is -0.000000202. The Morgan fingerprint density at radius 1 is 0.812 bits per heavy atom. The van der Waals surface area contributed by atoms with Gasteiger partial charge in [-0.2, -0.15) is 0 Å². The molecule has 0 amide bonds. The van der Waals surface area contributed by atoms with E-state index in [-0.39, 0.29) is 38.9 Å². The first-order valence-electron chi connectivity index (χ1n) is 11.2. The van der Waals surface area contributed by atoms with E-state index in [9.17, 15) is 9.59 Å². The number of unbranched alkanes of at least 4 members (excludes halogenated alkanes) is 3. The van der Waals surface area contributed by atoms with Crippen LogP contribution in [0.4, 0.5) is 0 Å². The summed E-state index contributed by atoms with van der Waals surface area (Å²) < 4.78 is 5.07. The summed E-state index contributed by atoms with van der Waals surface area (Å²) in [4.78, 5) is 22.5. The number of esters is 1. The molecule has 0 spiro atoms. The molecule has 7 nitrogen and oxygen atoms in total. The molecule has 0 aromatic heterocycles. The van der Waals surface area contributed by atoms with Gasteiger partial charge in [-0.3, -0.25) is 0 Å². The Morgan fingerprint density at radius 3 is 1.44 bits per heavy atom. The molecule has 0 bridgehead atoms. The smallest absolute Gasteiger partial charge is 0.339 e. The van der Waals surface area contributed by atoms with Gasteiger partial charge in [-0.05, 0) is 44.7 Å². The Morgan fingerprint density at radius 2 is 1.19 bits per heavy atom. The van der Waals surface area contributed by atoms with Crippen molar-refractivity contribution < 1.29 is 56.5 Å². The molecule has 0 heterocycles. The first-order chi connectivity index (χ1) is 14.8. The number of hydrogen-bond donors (Lipinski definition) is 4. The molecule has 1 rings (SSSR count). The minimum absolute atomic E-state index is 0. The van der Waals surface area contributed by atoms with Gasteiger partial charge in [0.25, 0.3) is 0 Å². The fourth-order valence-electron chi connectivity index (χ4n) is 1.65. The monoisotopic (exact) mass is 492 g/mol. The summed E-state index contributed by atoms with van der Waals surface area (Å²) in [6.45, 7) is 10.8. The van der Waals surface area contributed by atoms with Crippen molar-refractivity contribution in [3.8, 4) is 0 Å². The Bertz CT molecular complexity index is 519. The van der Waals surface area contributed by atoms with Crippen molar-refractivity contribution in [2.75, 3.05) is 19.8 Å². The van der Waals surface area contributed by atoms with E-state index in [2.05, 4.69) is 20.8 Å². The minimum Gasteiger partial charge on any atom is -0.478 e. The van der Waals surface area contributed by atoms with Crippen molar-refractivity contribution in [1.29, 1.82) is 0 Å². The standard InChI is InChI=1S/C12H14O4.3C4H10O.Ti/c1-3-8(2)16-12(15)10-7-5-4-6-9(10)11(13)14;3*1-2-3-4-5;/h4-8H,3H2,1-2H3,(H,13,14);3*5H,2-4H2,1H3;. The number of carbonyl (C=O) groups is 2. The maximum Gasteiger partial charge on any atom is 0.339 e. The van der Waals surface area contributed by atoms with Gasteiger partial charge in [-0.1, -0.05) is 59.1 Å². The number of aliphatic hydroxyl groups is 3. The van der Waals surface area contributed by atoms with Crippen LogP contribution in [-0.2, 0) is 26.5 Å². The third-order valence-electron chi connectivity index (χ3n) is 3.80. The summed E-state index contributed by atoms with van der Waals surface area (Å²) in [5.74, 6) is -1.72. The van der Waals surface area contributed by atoms with Crippen molar-refractivity contribution in [2.24, 2.45) is 0 Å². The summed E-state index contributed by atoms with van der Waals surface area (Å²) in [7, 11) is 0. The maximum absolute atomic E-state index is 11.7. The van der Waals surface area contributed by atoms with Gasteiger partial charge in [0.05, 0.1) is 17.2 Å². The third-order valence-corrected chi connectivity index (χ3v) is 3.80. The molecule has 1 unspecified atom stereocenters. The topological polar surface area (TPSA) is 124 Å². The number of carboxylic acid groups (broad SMARTS) is 1. The summed E-state index contributed by atoms with van der Waals surface area (Å²) in [5.41, 5.74) is 0.0612. The molecule has 0 saturated carbocycles.